The predicted molar refractivity (Wildman–Crippen MR) is 61.4 cm³/mol. The first kappa shape index (κ1) is 10.3. The molecule has 1 N–H and O–H groups in total. The fourth-order valence-corrected chi connectivity index (χ4v) is 2.58. The maximum atomic E-state index is 11.4. The lowest BCUT2D eigenvalue weighted by Crippen LogP contribution is -2.22. The molecule has 5 nitrogen and oxygen atoms in total. The number of carbonyl (C=O) groups excluding carboxylic acids is 2. The predicted octanol–water partition coefficient (Wildman–Crippen LogP) is 1.33. The lowest BCUT2D eigenvalue weighted by molar-refractivity contribution is -0.124. The van der Waals surface area contributed by atoms with E-state index in [0.717, 1.165) is 5.52 Å². The molecule has 1 atom stereocenters. The molecule has 1 aliphatic rings. The second-order valence-electron chi connectivity index (χ2n) is 3.67. The molecule has 1 aromatic heterocycles. The van der Waals surface area contributed by atoms with Crippen molar-refractivity contribution in [3.8, 4) is 0 Å². The number of para-hydroxylation sites is 2. The highest BCUT2D eigenvalue weighted by atomic mass is 32.2. The first-order chi connectivity index (χ1) is 8.22. The van der Waals surface area contributed by atoms with Gasteiger partial charge in [-0.05, 0) is 12.1 Å². The molecule has 6 heteroatoms. The van der Waals surface area contributed by atoms with E-state index in [4.69, 9.17) is 4.42 Å². The Labute approximate surface area is 101 Å². The molecular formula is C11H8N2O3S. The smallest absolute Gasteiger partial charge is 0.257 e. The van der Waals surface area contributed by atoms with E-state index in [1.807, 2.05) is 24.3 Å². The van der Waals surface area contributed by atoms with Crippen molar-refractivity contribution in [1.29, 1.82) is 0 Å². The van der Waals surface area contributed by atoms with E-state index in [1.165, 1.54) is 11.8 Å². The van der Waals surface area contributed by atoms with E-state index >= 15 is 0 Å². The number of rotatable bonds is 2. The van der Waals surface area contributed by atoms with Crippen LogP contribution < -0.4 is 5.32 Å². The van der Waals surface area contributed by atoms with Crippen LogP contribution in [0, 0.1) is 0 Å². The molecule has 1 fully saturated rings. The number of nitrogens with zero attached hydrogens (tertiary/aromatic N) is 1. The quantitative estimate of drug-likeness (QED) is 0.812. The lowest BCUT2D eigenvalue weighted by Gasteiger charge is -1.99. The third-order valence-corrected chi connectivity index (χ3v) is 3.48. The summed E-state index contributed by atoms with van der Waals surface area (Å²) in [6.07, 6.45) is 0.183. The highest BCUT2D eigenvalue weighted by molar-refractivity contribution is 8.00. The number of amides is 2. The molecule has 0 spiro atoms. The Morgan fingerprint density at radius 2 is 2.18 bits per heavy atom. The van der Waals surface area contributed by atoms with E-state index in [2.05, 4.69) is 10.3 Å². The molecule has 1 aliphatic heterocycles. The largest absolute Gasteiger partial charge is 0.431 e. The number of oxazole rings is 1. The van der Waals surface area contributed by atoms with Gasteiger partial charge in [-0.25, -0.2) is 4.98 Å². The van der Waals surface area contributed by atoms with Crippen molar-refractivity contribution in [1.82, 2.24) is 10.3 Å². The van der Waals surface area contributed by atoms with Gasteiger partial charge in [-0.3, -0.25) is 14.9 Å². The molecule has 86 valence electrons. The zero-order chi connectivity index (χ0) is 11.8. The Kier molecular flexibility index (Phi) is 2.36. The Balaban J connectivity index is 1.85. The summed E-state index contributed by atoms with van der Waals surface area (Å²) in [5.74, 6) is -0.522. The second-order valence-corrected chi connectivity index (χ2v) is 4.82. The van der Waals surface area contributed by atoms with Crippen molar-refractivity contribution < 1.29 is 14.0 Å². The summed E-state index contributed by atoms with van der Waals surface area (Å²) >= 11 is 1.18. The fraction of sp³-hybridized carbons (Fsp3) is 0.182. The normalized spacial score (nSPS) is 19.9. The molecular weight excluding hydrogens is 240 g/mol. The molecule has 0 bridgehead atoms. The lowest BCUT2D eigenvalue weighted by atomic mass is 10.3. The number of aromatic nitrogens is 1. The van der Waals surface area contributed by atoms with Gasteiger partial charge in [0.25, 0.3) is 5.22 Å². The van der Waals surface area contributed by atoms with Gasteiger partial charge in [0.2, 0.25) is 11.8 Å². The van der Waals surface area contributed by atoms with E-state index in [9.17, 15) is 9.59 Å². The van der Waals surface area contributed by atoms with Crippen LogP contribution in [-0.4, -0.2) is 22.0 Å². The number of carbonyl (C=O) groups is 2. The summed E-state index contributed by atoms with van der Waals surface area (Å²) < 4.78 is 5.47. The minimum atomic E-state index is -0.435. The molecule has 2 heterocycles. The summed E-state index contributed by atoms with van der Waals surface area (Å²) in [6.45, 7) is 0. The van der Waals surface area contributed by atoms with Gasteiger partial charge in [-0.2, -0.15) is 0 Å². The molecule has 3 rings (SSSR count). The summed E-state index contributed by atoms with van der Waals surface area (Å²) in [7, 11) is 0. The molecule has 2 amide bonds. The molecule has 1 saturated heterocycles. The van der Waals surface area contributed by atoms with Crippen molar-refractivity contribution in [3.63, 3.8) is 0 Å². The zero-order valence-electron chi connectivity index (χ0n) is 8.67. The maximum absolute atomic E-state index is 11.4. The molecule has 0 aliphatic carbocycles. The number of hydrogen-bond acceptors (Lipinski definition) is 5. The van der Waals surface area contributed by atoms with Crippen LogP contribution in [0.25, 0.3) is 11.1 Å². The van der Waals surface area contributed by atoms with Gasteiger partial charge in [0, 0.05) is 6.42 Å². The van der Waals surface area contributed by atoms with E-state index in [-0.39, 0.29) is 18.2 Å². The monoisotopic (exact) mass is 248 g/mol. The first-order valence-electron chi connectivity index (χ1n) is 5.08. The average molecular weight is 248 g/mol. The van der Waals surface area contributed by atoms with Gasteiger partial charge in [-0.1, -0.05) is 23.9 Å². The number of fused-ring (bicyclic) bond motifs is 1. The zero-order valence-corrected chi connectivity index (χ0v) is 9.49. The number of nitrogens with one attached hydrogen (secondary N) is 1. The Hall–Kier alpha value is -1.82. The van der Waals surface area contributed by atoms with Gasteiger partial charge in [0.05, 0.1) is 0 Å². The van der Waals surface area contributed by atoms with E-state index in [1.54, 1.807) is 0 Å². The van der Waals surface area contributed by atoms with Crippen LogP contribution in [0.4, 0.5) is 0 Å². The molecule has 2 aromatic rings. The average Bonchev–Trinajstić information content (AvgIpc) is 2.82. The van der Waals surface area contributed by atoms with Crippen molar-refractivity contribution in [3.05, 3.63) is 24.3 Å². The van der Waals surface area contributed by atoms with Crippen LogP contribution in [0.2, 0.25) is 0 Å². The fourth-order valence-electron chi connectivity index (χ4n) is 1.65. The summed E-state index contributed by atoms with van der Waals surface area (Å²) in [5, 5.41) is 2.24. The second kappa shape index (κ2) is 3.89. The van der Waals surface area contributed by atoms with Gasteiger partial charge in [0.1, 0.15) is 10.8 Å². The van der Waals surface area contributed by atoms with Crippen LogP contribution in [0.5, 0.6) is 0 Å². The van der Waals surface area contributed by atoms with Crippen molar-refractivity contribution in [2.75, 3.05) is 0 Å². The molecule has 17 heavy (non-hydrogen) atoms. The molecule has 0 saturated carbocycles. The summed E-state index contributed by atoms with van der Waals surface area (Å²) in [4.78, 5) is 26.7. The Morgan fingerprint density at radius 3 is 2.88 bits per heavy atom. The minimum Gasteiger partial charge on any atom is -0.431 e. The van der Waals surface area contributed by atoms with Crippen molar-refractivity contribution >= 4 is 34.7 Å². The third kappa shape index (κ3) is 1.91. The number of hydrogen-bond donors (Lipinski definition) is 1. The number of imide groups is 1. The van der Waals surface area contributed by atoms with Crippen LogP contribution in [-0.2, 0) is 9.59 Å². The summed E-state index contributed by atoms with van der Waals surface area (Å²) in [6, 6.07) is 7.37. The van der Waals surface area contributed by atoms with Crippen LogP contribution in [0.3, 0.4) is 0 Å². The molecule has 1 unspecified atom stereocenters. The van der Waals surface area contributed by atoms with Gasteiger partial charge >= 0.3 is 0 Å². The maximum Gasteiger partial charge on any atom is 0.257 e. The first-order valence-corrected chi connectivity index (χ1v) is 5.96. The number of thioether (sulfide) groups is 1. The van der Waals surface area contributed by atoms with Crippen molar-refractivity contribution in [2.24, 2.45) is 0 Å². The van der Waals surface area contributed by atoms with Crippen LogP contribution >= 0.6 is 11.8 Å². The highest BCUT2D eigenvalue weighted by Crippen LogP contribution is 2.29. The SMILES string of the molecule is O=C1CC(Sc2nc3ccccc3o2)C(=O)N1. The van der Waals surface area contributed by atoms with Gasteiger partial charge < -0.3 is 4.42 Å². The third-order valence-electron chi connectivity index (χ3n) is 2.44. The van der Waals surface area contributed by atoms with E-state index < -0.39 is 5.25 Å². The Bertz CT molecular complexity index is 575. The van der Waals surface area contributed by atoms with E-state index in [0.29, 0.717) is 10.8 Å². The van der Waals surface area contributed by atoms with Gasteiger partial charge in [0.15, 0.2) is 5.58 Å². The minimum absolute atomic E-state index is 0.183. The standard InChI is InChI=1S/C11H8N2O3S/c14-9-5-8(10(15)13-9)17-11-12-6-3-1-2-4-7(6)16-11/h1-4,8H,5H2,(H,13,14,15). The number of benzene rings is 1. The van der Waals surface area contributed by atoms with Crippen LogP contribution in [0.15, 0.2) is 33.9 Å². The molecule has 0 radical (unpaired) electrons. The summed E-state index contributed by atoms with van der Waals surface area (Å²) in [5.41, 5.74) is 1.43. The van der Waals surface area contributed by atoms with Crippen LogP contribution in [0.1, 0.15) is 6.42 Å². The topological polar surface area (TPSA) is 72.2 Å². The molecule has 1 aromatic carbocycles. The highest BCUT2D eigenvalue weighted by Gasteiger charge is 2.32. The van der Waals surface area contributed by atoms with Gasteiger partial charge in [-0.15, -0.1) is 0 Å². The Morgan fingerprint density at radius 1 is 1.35 bits per heavy atom. The van der Waals surface area contributed by atoms with Crippen molar-refractivity contribution in [2.45, 2.75) is 16.9 Å².